The zero-order valence-corrected chi connectivity index (χ0v) is 11.7. The third kappa shape index (κ3) is 3.98. The van der Waals surface area contributed by atoms with Crippen molar-refractivity contribution in [1.29, 1.82) is 0 Å². The minimum absolute atomic E-state index is 0.268. The second-order valence-corrected chi connectivity index (χ2v) is 5.68. The summed E-state index contributed by atoms with van der Waals surface area (Å²) in [5, 5.41) is 0. The van der Waals surface area contributed by atoms with E-state index >= 15 is 0 Å². The number of hydrogen-bond donors (Lipinski definition) is 1. The Morgan fingerprint density at radius 3 is 2.42 bits per heavy atom. The number of primary amides is 1. The Morgan fingerprint density at radius 1 is 1.21 bits per heavy atom. The molecule has 2 amide bonds. The summed E-state index contributed by atoms with van der Waals surface area (Å²) < 4.78 is 0. The molecule has 0 bridgehead atoms. The SMILES string of the molecule is CC1CCC(N(CCc2ccccc2)C(N)=O)CC1. The second-order valence-electron chi connectivity index (χ2n) is 5.68. The van der Waals surface area contributed by atoms with Gasteiger partial charge in [-0.2, -0.15) is 0 Å². The van der Waals surface area contributed by atoms with Crippen molar-refractivity contribution in [2.24, 2.45) is 11.7 Å². The second kappa shape index (κ2) is 6.60. The highest BCUT2D eigenvalue weighted by molar-refractivity contribution is 5.72. The van der Waals surface area contributed by atoms with Crippen molar-refractivity contribution in [2.75, 3.05) is 6.54 Å². The Morgan fingerprint density at radius 2 is 1.84 bits per heavy atom. The third-order valence-corrected chi connectivity index (χ3v) is 4.19. The summed E-state index contributed by atoms with van der Waals surface area (Å²) in [6.07, 6.45) is 5.49. The molecule has 104 valence electrons. The van der Waals surface area contributed by atoms with Gasteiger partial charge in [0.15, 0.2) is 0 Å². The molecule has 1 saturated carbocycles. The lowest BCUT2D eigenvalue weighted by molar-refractivity contribution is 0.154. The fraction of sp³-hybridized carbons (Fsp3) is 0.562. The number of amides is 2. The summed E-state index contributed by atoms with van der Waals surface area (Å²) in [5.41, 5.74) is 6.82. The van der Waals surface area contributed by atoms with E-state index in [9.17, 15) is 4.79 Å². The molecule has 0 spiro atoms. The zero-order chi connectivity index (χ0) is 13.7. The maximum Gasteiger partial charge on any atom is 0.315 e. The van der Waals surface area contributed by atoms with Gasteiger partial charge in [0.05, 0.1) is 0 Å². The number of nitrogens with two attached hydrogens (primary N) is 1. The summed E-state index contributed by atoms with van der Waals surface area (Å²) in [5.74, 6) is 0.792. The van der Waals surface area contributed by atoms with Gasteiger partial charge in [-0.25, -0.2) is 4.79 Å². The maximum atomic E-state index is 11.6. The monoisotopic (exact) mass is 260 g/mol. The molecule has 1 aromatic rings. The van der Waals surface area contributed by atoms with Gasteiger partial charge >= 0.3 is 6.03 Å². The molecule has 1 fully saturated rings. The van der Waals surface area contributed by atoms with Crippen LogP contribution in [0.3, 0.4) is 0 Å². The van der Waals surface area contributed by atoms with Crippen molar-refractivity contribution >= 4 is 6.03 Å². The van der Waals surface area contributed by atoms with E-state index in [1.807, 2.05) is 23.1 Å². The predicted molar refractivity (Wildman–Crippen MR) is 77.9 cm³/mol. The molecule has 2 rings (SSSR count). The van der Waals surface area contributed by atoms with Gasteiger partial charge in [0.1, 0.15) is 0 Å². The molecule has 2 N–H and O–H groups in total. The van der Waals surface area contributed by atoms with Crippen molar-refractivity contribution in [2.45, 2.75) is 45.1 Å². The van der Waals surface area contributed by atoms with Crippen molar-refractivity contribution in [1.82, 2.24) is 4.90 Å². The summed E-state index contributed by atoms with van der Waals surface area (Å²) in [4.78, 5) is 13.5. The largest absolute Gasteiger partial charge is 0.351 e. The number of carbonyl (C=O) groups excluding carboxylic acids is 1. The molecular weight excluding hydrogens is 236 g/mol. The van der Waals surface area contributed by atoms with Gasteiger partial charge in [0.2, 0.25) is 0 Å². The quantitative estimate of drug-likeness (QED) is 0.888. The van der Waals surface area contributed by atoms with Crippen LogP contribution < -0.4 is 5.73 Å². The third-order valence-electron chi connectivity index (χ3n) is 4.19. The predicted octanol–water partition coefficient (Wildman–Crippen LogP) is 3.19. The fourth-order valence-corrected chi connectivity index (χ4v) is 2.92. The maximum absolute atomic E-state index is 11.6. The Hall–Kier alpha value is -1.51. The molecule has 1 aromatic carbocycles. The Kier molecular flexibility index (Phi) is 4.83. The average Bonchev–Trinajstić information content (AvgIpc) is 2.42. The molecule has 0 aromatic heterocycles. The molecule has 19 heavy (non-hydrogen) atoms. The lowest BCUT2D eigenvalue weighted by Crippen LogP contribution is -2.46. The number of rotatable bonds is 4. The number of carbonyl (C=O) groups is 1. The van der Waals surface area contributed by atoms with Gasteiger partial charge in [0, 0.05) is 12.6 Å². The van der Waals surface area contributed by atoms with Crippen LogP contribution in [-0.2, 0) is 6.42 Å². The van der Waals surface area contributed by atoms with E-state index in [0.717, 1.165) is 31.7 Å². The van der Waals surface area contributed by atoms with Crippen LogP contribution in [0.5, 0.6) is 0 Å². The first-order chi connectivity index (χ1) is 9.16. The Balaban J connectivity index is 1.91. The molecule has 3 nitrogen and oxygen atoms in total. The Labute approximate surface area is 115 Å². The lowest BCUT2D eigenvalue weighted by atomic mass is 9.86. The molecular formula is C16H24N2O. The van der Waals surface area contributed by atoms with Crippen LogP contribution in [0.25, 0.3) is 0 Å². The van der Waals surface area contributed by atoms with Crippen LogP contribution in [0.1, 0.15) is 38.2 Å². The first-order valence-electron chi connectivity index (χ1n) is 7.27. The highest BCUT2D eigenvalue weighted by Gasteiger charge is 2.25. The van der Waals surface area contributed by atoms with Gasteiger partial charge in [-0.05, 0) is 43.6 Å². The number of benzene rings is 1. The van der Waals surface area contributed by atoms with E-state index < -0.39 is 0 Å². The summed E-state index contributed by atoms with van der Waals surface area (Å²) in [6, 6.07) is 10.4. The molecule has 1 aliphatic carbocycles. The van der Waals surface area contributed by atoms with Crippen LogP contribution in [0, 0.1) is 5.92 Å². The summed E-state index contributed by atoms with van der Waals surface area (Å²) in [7, 11) is 0. The highest BCUT2D eigenvalue weighted by atomic mass is 16.2. The standard InChI is InChI=1S/C16H24N2O/c1-13-7-9-15(10-8-13)18(16(17)19)12-11-14-5-3-2-4-6-14/h2-6,13,15H,7-12H2,1H3,(H2,17,19). The van der Waals surface area contributed by atoms with E-state index in [0.29, 0.717) is 6.04 Å². The van der Waals surface area contributed by atoms with Crippen molar-refractivity contribution in [3.63, 3.8) is 0 Å². The van der Waals surface area contributed by atoms with Crippen molar-refractivity contribution in [3.8, 4) is 0 Å². The molecule has 0 atom stereocenters. The van der Waals surface area contributed by atoms with Crippen LogP contribution in [-0.4, -0.2) is 23.5 Å². The molecule has 0 saturated heterocycles. The van der Waals surface area contributed by atoms with Crippen LogP contribution >= 0.6 is 0 Å². The summed E-state index contributed by atoms with van der Waals surface area (Å²) in [6.45, 7) is 3.02. The zero-order valence-electron chi connectivity index (χ0n) is 11.7. The van der Waals surface area contributed by atoms with Gasteiger partial charge in [-0.3, -0.25) is 0 Å². The molecule has 0 heterocycles. The van der Waals surface area contributed by atoms with E-state index in [1.54, 1.807) is 0 Å². The van der Waals surface area contributed by atoms with Gasteiger partial charge in [-0.15, -0.1) is 0 Å². The van der Waals surface area contributed by atoms with E-state index in [-0.39, 0.29) is 6.03 Å². The van der Waals surface area contributed by atoms with E-state index in [2.05, 4.69) is 19.1 Å². The van der Waals surface area contributed by atoms with Gasteiger partial charge in [0.25, 0.3) is 0 Å². The van der Waals surface area contributed by atoms with E-state index in [1.165, 1.54) is 18.4 Å². The Bertz CT molecular complexity index is 396. The lowest BCUT2D eigenvalue weighted by Gasteiger charge is -2.35. The van der Waals surface area contributed by atoms with Crippen LogP contribution in [0.2, 0.25) is 0 Å². The van der Waals surface area contributed by atoms with Crippen molar-refractivity contribution in [3.05, 3.63) is 35.9 Å². The molecule has 0 radical (unpaired) electrons. The normalized spacial score (nSPS) is 23.0. The average molecular weight is 260 g/mol. The van der Waals surface area contributed by atoms with Crippen LogP contribution in [0.4, 0.5) is 4.79 Å². The molecule has 0 aliphatic heterocycles. The molecule has 1 aliphatic rings. The fourth-order valence-electron chi connectivity index (χ4n) is 2.92. The summed E-state index contributed by atoms with van der Waals surface area (Å²) >= 11 is 0. The molecule has 3 heteroatoms. The minimum Gasteiger partial charge on any atom is -0.351 e. The molecule has 0 unspecified atom stereocenters. The number of hydrogen-bond acceptors (Lipinski definition) is 1. The first kappa shape index (κ1) is 13.9. The highest BCUT2D eigenvalue weighted by Crippen LogP contribution is 2.27. The number of urea groups is 1. The van der Waals surface area contributed by atoms with Gasteiger partial charge in [-0.1, -0.05) is 37.3 Å². The minimum atomic E-state index is -0.268. The first-order valence-corrected chi connectivity index (χ1v) is 7.27. The van der Waals surface area contributed by atoms with Crippen LogP contribution in [0.15, 0.2) is 30.3 Å². The van der Waals surface area contributed by atoms with E-state index in [4.69, 9.17) is 5.73 Å². The van der Waals surface area contributed by atoms with Gasteiger partial charge < -0.3 is 10.6 Å². The topological polar surface area (TPSA) is 46.3 Å². The van der Waals surface area contributed by atoms with Crippen molar-refractivity contribution < 1.29 is 4.79 Å². The smallest absolute Gasteiger partial charge is 0.315 e. The number of nitrogens with zero attached hydrogens (tertiary/aromatic N) is 1.